The average molecular weight is 370 g/mol. The Kier molecular flexibility index (Phi) is 4.01. The van der Waals surface area contributed by atoms with Crippen LogP contribution in [0.1, 0.15) is 16.8 Å². The average Bonchev–Trinajstić information content (AvgIpc) is 3.01. The van der Waals surface area contributed by atoms with Crippen molar-refractivity contribution in [2.75, 3.05) is 0 Å². The van der Waals surface area contributed by atoms with E-state index in [1.54, 1.807) is 24.3 Å². The van der Waals surface area contributed by atoms with Crippen LogP contribution in [0.2, 0.25) is 0 Å². The van der Waals surface area contributed by atoms with Crippen molar-refractivity contribution in [3.63, 3.8) is 0 Å². The third-order valence-electron chi connectivity index (χ3n) is 4.41. The van der Waals surface area contributed by atoms with E-state index in [2.05, 4.69) is 15.0 Å². The first-order chi connectivity index (χ1) is 12.4. The number of amides is 1. The number of hydrogen-bond donors (Lipinski definition) is 2. The second kappa shape index (κ2) is 6.22. The van der Waals surface area contributed by atoms with Gasteiger partial charge in [-0.2, -0.15) is 4.72 Å². The summed E-state index contributed by atoms with van der Waals surface area (Å²) in [6.07, 6.45) is 4.08. The Bertz CT molecular complexity index is 1100. The number of carbonyl (C=O) groups excluding carboxylic acids is 1. The van der Waals surface area contributed by atoms with Crippen LogP contribution < -0.4 is 10.0 Å². The molecule has 4 rings (SSSR count). The molecule has 0 saturated carbocycles. The SMILES string of the molecule is Cc1ccn2cc(CNC(=O)C3Cc4ccccc4S(=O)(=O)N3)nc2c1. The zero-order valence-electron chi connectivity index (χ0n) is 14.1. The second-order valence-electron chi connectivity index (χ2n) is 6.41. The summed E-state index contributed by atoms with van der Waals surface area (Å²) < 4.78 is 28.9. The maximum atomic E-state index is 12.5. The van der Waals surface area contributed by atoms with E-state index in [1.807, 2.05) is 35.9 Å². The zero-order valence-corrected chi connectivity index (χ0v) is 15.0. The summed E-state index contributed by atoms with van der Waals surface area (Å²) >= 11 is 0. The van der Waals surface area contributed by atoms with Gasteiger partial charge in [0.15, 0.2) is 0 Å². The Morgan fingerprint density at radius 3 is 3.00 bits per heavy atom. The standard InChI is InChI=1S/C18H18N4O3S/c1-12-6-7-22-11-14(20-17(22)8-12)10-19-18(23)15-9-13-4-2-3-5-16(13)26(24,25)21-15/h2-8,11,15,21H,9-10H2,1H3,(H,19,23). The lowest BCUT2D eigenvalue weighted by molar-refractivity contribution is -0.122. The molecular formula is C18H18N4O3S. The molecule has 0 radical (unpaired) electrons. The Morgan fingerprint density at radius 2 is 2.15 bits per heavy atom. The minimum absolute atomic E-state index is 0.236. The Hall–Kier alpha value is -2.71. The van der Waals surface area contributed by atoms with Crippen molar-refractivity contribution in [3.8, 4) is 0 Å². The van der Waals surface area contributed by atoms with Crippen molar-refractivity contribution in [1.82, 2.24) is 19.4 Å². The zero-order chi connectivity index (χ0) is 18.3. The van der Waals surface area contributed by atoms with Crippen LogP contribution in [0.25, 0.3) is 5.65 Å². The molecule has 0 aliphatic carbocycles. The van der Waals surface area contributed by atoms with Gasteiger partial charge in [0.1, 0.15) is 11.7 Å². The molecule has 3 heterocycles. The van der Waals surface area contributed by atoms with E-state index in [1.165, 1.54) is 0 Å². The number of carbonyl (C=O) groups is 1. The minimum atomic E-state index is -3.68. The first kappa shape index (κ1) is 16.7. The molecule has 0 saturated heterocycles. The number of fused-ring (bicyclic) bond motifs is 2. The number of pyridine rings is 1. The molecule has 0 fully saturated rings. The van der Waals surface area contributed by atoms with E-state index in [9.17, 15) is 13.2 Å². The lowest BCUT2D eigenvalue weighted by Gasteiger charge is -2.24. The Balaban J connectivity index is 1.48. The highest BCUT2D eigenvalue weighted by Gasteiger charge is 2.33. The smallest absolute Gasteiger partial charge is 0.241 e. The predicted molar refractivity (Wildman–Crippen MR) is 96.0 cm³/mol. The van der Waals surface area contributed by atoms with Crippen LogP contribution >= 0.6 is 0 Å². The summed E-state index contributed by atoms with van der Waals surface area (Å²) in [6.45, 7) is 2.22. The summed E-state index contributed by atoms with van der Waals surface area (Å²) in [7, 11) is -3.68. The van der Waals surface area contributed by atoms with Crippen molar-refractivity contribution in [2.24, 2.45) is 0 Å². The fraction of sp³-hybridized carbons (Fsp3) is 0.222. The first-order valence-electron chi connectivity index (χ1n) is 8.24. The normalized spacial score (nSPS) is 18.4. The highest BCUT2D eigenvalue weighted by Crippen LogP contribution is 2.22. The van der Waals surface area contributed by atoms with E-state index in [4.69, 9.17) is 0 Å². The third-order valence-corrected chi connectivity index (χ3v) is 5.98. The van der Waals surface area contributed by atoms with Crippen molar-refractivity contribution < 1.29 is 13.2 Å². The molecule has 1 aliphatic heterocycles. The Morgan fingerprint density at radius 1 is 1.35 bits per heavy atom. The van der Waals surface area contributed by atoms with Crippen LogP contribution in [0, 0.1) is 6.92 Å². The number of aryl methyl sites for hydroxylation is 1. The quantitative estimate of drug-likeness (QED) is 0.724. The molecule has 7 nitrogen and oxygen atoms in total. The number of sulfonamides is 1. The van der Waals surface area contributed by atoms with Gasteiger partial charge in [-0.15, -0.1) is 0 Å². The summed E-state index contributed by atoms with van der Waals surface area (Å²) in [4.78, 5) is 17.2. The summed E-state index contributed by atoms with van der Waals surface area (Å²) in [5, 5.41) is 2.77. The molecule has 1 atom stereocenters. The lowest BCUT2D eigenvalue weighted by atomic mass is 10.1. The summed E-state index contributed by atoms with van der Waals surface area (Å²) in [6, 6.07) is 9.83. The van der Waals surface area contributed by atoms with Crippen molar-refractivity contribution in [3.05, 3.63) is 65.6 Å². The lowest BCUT2D eigenvalue weighted by Crippen LogP contribution is -2.50. The van der Waals surface area contributed by atoms with E-state index in [0.29, 0.717) is 17.7 Å². The van der Waals surface area contributed by atoms with Crippen LogP contribution in [-0.2, 0) is 27.8 Å². The van der Waals surface area contributed by atoms with Gasteiger partial charge in [0.05, 0.1) is 17.1 Å². The van der Waals surface area contributed by atoms with E-state index in [0.717, 1.165) is 11.2 Å². The molecule has 3 aromatic rings. The van der Waals surface area contributed by atoms with Crippen molar-refractivity contribution in [2.45, 2.75) is 30.8 Å². The Labute approximate surface area is 151 Å². The van der Waals surface area contributed by atoms with Crippen molar-refractivity contribution in [1.29, 1.82) is 0 Å². The van der Waals surface area contributed by atoms with Gasteiger partial charge in [-0.05, 0) is 42.7 Å². The van der Waals surface area contributed by atoms with E-state index < -0.39 is 16.1 Å². The van der Waals surface area contributed by atoms with Crippen LogP contribution in [0.5, 0.6) is 0 Å². The molecule has 134 valence electrons. The fourth-order valence-corrected chi connectivity index (χ4v) is 4.56. The number of benzene rings is 1. The topological polar surface area (TPSA) is 92.6 Å². The first-order valence-corrected chi connectivity index (χ1v) is 9.73. The molecule has 2 aromatic heterocycles. The monoisotopic (exact) mass is 370 g/mol. The third kappa shape index (κ3) is 3.09. The fourth-order valence-electron chi connectivity index (χ4n) is 3.12. The van der Waals surface area contributed by atoms with Crippen LogP contribution in [-0.4, -0.2) is 29.8 Å². The predicted octanol–water partition coefficient (Wildman–Crippen LogP) is 1.16. The molecule has 0 bridgehead atoms. The number of imidazole rings is 1. The number of nitrogens with one attached hydrogen (secondary N) is 2. The molecular weight excluding hydrogens is 352 g/mol. The molecule has 0 spiro atoms. The van der Waals surface area contributed by atoms with Gasteiger partial charge in [0.2, 0.25) is 15.9 Å². The van der Waals surface area contributed by atoms with Gasteiger partial charge < -0.3 is 9.72 Å². The maximum Gasteiger partial charge on any atom is 0.241 e. The van der Waals surface area contributed by atoms with Crippen LogP contribution in [0.3, 0.4) is 0 Å². The molecule has 1 amide bonds. The van der Waals surface area contributed by atoms with Crippen molar-refractivity contribution >= 4 is 21.6 Å². The van der Waals surface area contributed by atoms with Crippen LogP contribution in [0.15, 0.2) is 53.7 Å². The van der Waals surface area contributed by atoms with Gasteiger partial charge in [-0.25, -0.2) is 13.4 Å². The molecule has 8 heteroatoms. The molecule has 26 heavy (non-hydrogen) atoms. The molecule has 1 unspecified atom stereocenters. The molecule has 1 aromatic carbocycles. The second-order valence-corrected chi connectivity index (χ2v) is 8.09. The largest absolute Gasteiger partial charge is 0.349 e. The highest BCUT2D eigenvalue weighted by atomic mass is 32.2. The molecule has 2 N–H and O–H groups in total. The van der Waals surface area contributed by atoms with Crippen LogP contribution in [0.4, 0.5) is 0 Å². The van der Waals surface area contributed by atoms with Gasteiger partial charge in [0, 0.05) is 12.4 Å². The number of rotatable bonds is 3. The van der Waals surface area contributed by atoms with Gasteiger partial charge in [-0.3, -0.25) is 4.79 Å². The van der Waals surface area contributed by atoms with Gasteiger partial charge in [0.25, 0.3) is 0 Å². The minimum Gasteiger partial charge on any atom is -0.349 e. The van der Waals surface area contributed by atoms with E-state index >= 15 is 0 Å². The number of nitrogens with zero attached hydrogens (tertiary/aromatic N) is 2. The summed E-state index contributed by atoms with van der Waals surface area (Å²) in [5.41, 5.74) is 3.27. The van der Waals surface area contributed by atoms with E-state index in [-0.39, 0.29) is 17.3 Å². The molecule has 1 aliphatic rings. The summed E-state index contributed by atoms with van der Waals surface area (Å²) in [5.74, 6) is -0.365. The maximum absolute atomic E-state index is 12.5. The highest BCUT2D eigenvalue weighted by molar-refractivity contribution is 7.89. The van der Waals surface area contributed by atoms with Gasteiger partial charge in [-0.1, -0.05) is 18.2 Å². The van der Waals surface area contributed by atoms with Gasteiger partial charge >= 0.3 is 0 Å². The number of hydrogen-bond acceptors (Lipinski definition) is 4. The number of aromatic nitrogens is 2.